The van der Waals surface area contributed by atoms with Gasteiger partial charge in [-0.1, -0.05) is 24.3 Å². The predicted molar refractivity (Wildman–Crippen MR) is 76.7 cm³/mol. The molecule has 0 spiro atoms. The molecule has 0 radical (unpaired) electrons. The van der Waals surface area contributed by atoms with Crippen molar-refractivity contribution in [2.24, 2.45) is 5.14 Å². The van der Waals surface area contributed by atoms with Gasteiger partial charge in [0.15, 0.2) is 6.33 Å². The third-order valence-corrected chi connectivity index (χ3v) is 4.43. The Morgan fingerprint density at radius 3 is 2.19 bits per heavy atom. The van der Waals surface area contributed by atoms with Gasteiger partial charge in [0.2, 0.25) is 10.0 Å². The van der Waals surface area contributed by atoms with Crippen molar-refractivity contribution in [1.29, 1.82) is 0 Å². The van der Waals surface area contributed by atoms with E-state index in [4.69, 9.17) is 5.14 Å². The molecule has 0 aliphatic rings. The third-order valence-electron chi connectivity index (χ3n) is 3.48. The SMILES string of the molecule is NS(=O)(=O)c1ccc(-n2ncnn2)c2c3ccc(cc3)c12. The van der Waals surface area contributed by atoms with Gasteiger partial charge in [-0.2, -0.15) is 0 Å². The quantitative estimate of drug-likeness (QED) is 0.596. The Kier molecular flexibility index (Phi) is 2.30. The maximum atomic E-state index is 11.8. The van der Waals surface area contributed by atoms with Gasteiger partial charge in [0.05, 0.1) is 10.6 Å². The van der Waals surface area contributed by atoms with Gasteiger partial charge in [0, 0.05) is 10.8 Å². The second-order valence-corrected chi connectivity index (χ2v) is 6.21. The van der Waals surface area contributed by atoms with Gasteiger partial charge >= 0.3 is 0 Å². The fraction of sp³-hybridized carbons (Fsp3) is 0. The highest BCUT2D eigenvalue weighted by molar-refractivity contribution is 7.89. The van der Waals surface area contributed by atoms with E-state index in [0.717, 1.165) is 16.2 Å². The Morgan fingerprint density at radius 1 is 0.952 bits per heavy atom. The Balaban J connectivity index is 2.26. The third kappa shape index (κ3) is 1.70. The number of primary sulfonamides is 1. The molecule has 2 bridgehead atoms. The second-order valence-electron chi connectivity index (χ2n) is 4.68. The highest BCUT2D eigenvalue weighted by Gasteiger charge is 2.19. The highest BCUT2D eigenvalue weighted by Crippen LogP contribution is 2.36. The Morgan fingerprint density at radius 2 is 1.62 bits per heavy atom. The van der Waals surface area contributed by atoms with E-state index < -0.39 is 10.0 Å². The highest BCUT2D eigenvalue weighted by atomic mass is 32.2. The summed E-state index contributed by atoms with van der Waals surface area (Å²) in [5.41, 5.74) is 0.663. The van der Waals surface area contributed by atoms with Crippen molar-refractivity contribution in [3.05, 3.63) is 42.7 Å². The van der Waals surface area contributed by atoms with Crippen LogP contribution < -0.4 is 5.14 Å². The van der Waals surface area contributed by atoms with Crippen LogP contribution in [0.1, 0.15) is 0 Å². The molecule has 4 aromatic carbocycles. The van der Waals surface area contributed by atoms with E-state index in [1.807, 2.05) is 24.3 Å². The number of tetrazole rings is 1. The lowest BCUT2D eigenvalue weighted by molar-refractivity contribution is 0.598. The summed E-state index contributed by atoms with van der Waals surface area (Å²) in [6.45, 7) is 0. The maximum absolute atomic E-state index is 11.8. The van der Waals surface area contributed by atoms with Crippen LogP contribution in [0.25, 0.3) is 27.2 Å². The van der Waals surface area contributed by atoms with Gasteiger partial charge in [-0.15, -0.1) is 15.0 Å². The van der Waals surface area contributed by atoms with Crippen LogP contribution in [-0.4, -0.2) is 28.6 Å². The summed E-state index contributed by atoms with van der Waals surface area (Å²) >= 11 is 0. The smallest absolute Gasteiger partial charge is 0.225 e. The Hall–Kier alpha value is -2.58. The molecular weight excluding hydrogens is 290 g/mol. The van der Waals surface area contributed by atoms with Crippen LogP contribution in [0.15, 0.2) is 47.6 Å². The molecule has 5 aromatic rings. The second kappa shape index (κ2) is 3.96. The molecule has 0 aliphatic carbocycles. The molecule has 104 valence electrons. The molecule has 21 heavy (non-hydrogen) atoms. The fourth-order valence-electron chi connectivity index (χ4n) is 2.64. The number of rotatable bonds is 2. The zero-order chi connectivity index (χ0) is 14.6. The van der Waals surface area contributed by atoms with Crippen LogP contribution in [0.5, 0.6) is 0 Å². The summed E-state index contributed by atoms with van der Waals surface area (Å²) in [4.78, 5) is 1.46. The first-order valence-corrected chi connectivity index (χ1v) is 7.64. The molecule has 0 aliphatic heterocycles. The first-order valence-electron chi connectivity index (χ1n) is 6.10. The van der Waals surface area contributed by atoms with E-state index in [2.05, 4.69) is 15.4 Å². The zero-order valence-electron chi connectivity index (χ0n) is 10.6. The number of nitrogens with zero attached hydrogens (tertiary/aromatic N) is 4. The maximum Gasteiger partial charge on any atom is 0.238 e. The van der Waals surface area contributed by atoms with Crippen molar-refractivity contribution >= 4 is 31.6 Å². The van der Waals surface area contributed by atoms with Crippen LogP contribution in [0.2, 0.25) is 0 Å². The van der Waals surface area contributed by atoms with Gasteiger partial charge in [-0.3, -0.25) is 0 Å². The van der Waals surface area contributed by atoms with Crippen molar-refractivity contribution in [2.75, 3.05) is 0 Å². The summed E-state index contributed by atoms with van der Waals surface area (Å²) in [6.07, 6.45) is 1.32. The number of sulfonamides is 1. The molecule has 0 saturated heterocycles. The summed E-state index contributed by atoms with van der Waals surface area (Å²) in [5, 5.41) is 19.9. The van der Waals surface area contributed by atoms with Gasteiger partial charge < -0.3 is 0 Å². The van der Waals surface area contributed by atoms with Crippen molar-refractivity contribution in [3.63, 3.8) is 0 Å². The molecule has 0 amide bonds. The molecule has 2 N–H and O–H groups in total. The number of hydrogen-bond acceptors (Lipinski definition) is 5. The minimum atomic E-state index is -3.82. The largest absolute Gasteiger partial charge is 0.238 e. The lowest BCUT2D eigenvalue weighted by Gasteiger charge is -2.13. The summed E-state index contributed by atoms with van der Waals surface area (Å²) in [7, 11) is -3.82. The van der Waals surface area contributed by atoms with E-state index in [1.54, 1.807) is 6.07 Å². The van der Waals surface area contributed by atoms with Crippen LogP contribution in [0, 0.1) is 0 Å². The van der Waals surface area contributed by atoms with Crippen molar-refractivity contribution in [1.82, 2.24) is 20.2 Å². The van der Waals surface area contributed by atoms with Crippen LogP contribution in [-0.2, 0) is 10.0 Å². The zero-order valence-corrected chi connectivity index (χ0v) is 11.4. The lowest BCUT2D eigenvalue weighted by Crippen LogP contribution is -2.13. The molecule has 0 unspecified atom stereocenters. The number of benzene rings is 4. The predicted octanol–water partition coefficient (Wildman–Crippen LogP) is 1.05. The number of fused-ring (bicyclic) bond motifs is 2. The molecule has 1 aromatic heterocycles. The Labute approximate surface area is 119 Å². The molecule has 8 heteroatoms. The molecule has 0 saturated carbocycles. The van der Waals surface area contributed by atoms with Crippen molar-refractivity contribution in [2.45, 2.75) is 4.90 Å². The monoisotopic (exact) mass is 299 g/mol. The van der Waals surface area contributed by atoms with E-state index in [9.17, 15) is 8.42 Å². The molecule has 0 fully saturated rings. The van der Waals surface area contributed by atoms with Crippen molar-refractivity contribution in [3.8, 4) is 5.69 Å². The molecule has 1 heterocycles. The summed E-state index contributed by atoms with van der Waals surface area (Å²) < 4.78 is 23.7. The summed E-state index contributed by atoms with van der Waals surface area (Å²) in [6, 6.07) is 10.7. The lowest BCUT2D eigenvalue weighted by atomic mass is 9.98. The van der Waals surface area contributed by atoms with Crippen LogP contribution in [0.4, 0.5) is 0 Å². The molecule has 5 rings (SSSR count). The van der Waals surface area contributed by atoms with E-state index in [0.29, 0.717) is 11.1 Å². The Bertz CT molecular complexity index is 1040. The van der Waals surface area contributed by atoms with Gasteiger partial charge in [-0.25, -0.2) is 13.6 Å². The number of hydrogen-bond donors (Lipinski definition) is 1. The molecule has 7 nitrogen and oxygen atoms in total. The standard InChI is InChI=1S/C13H9N5O2S/c14-21(19,20)11-6-5-10(18-16-7-15-17-18)12-8-1-3-9(4-2-8)13(11)12/h1-7H,(H2,14,19,20). The first-order chi connectivity index (χ1) is 10.1. The topological polar surface area (TPSA) is 104 Å². The van der Waals surface area contributed by atoms with Gasteiger partial charge in [0.25, 0.3) is 0 Å². The molecule has 0 atom stereocenters. The minimum absolute atomic E-state index is 0.0996. The average molecular weight is 299 g/mol. The van der Waals surface area contributed by atoms with Crippen molar-refractivity contribution < 1.29 is 8.42 Å². The van der Waals surface area contributed by atoms with E-state index >= 15 is 0 Å². The normalized spacial score (nSPS) is 12.4. The fourth-order valence-corrected chi connectivity index (χ4v) is 3.40. The summed E-state index contributed by atoms with van der Waals surface area (Å²) in [5.74, 6) is 0. The minimum Gasteiger partial charge on any atom is -0.225 e. The van der Waals surface area contributed by atoms with Crippen LogP contribution >= 0.6 is 0 Å². The van der Waals surface area contributed by atoms with E-state index in [-0.39, 0.29) is 4.90 Å². The first kappa shape index (κ1) is 12.2. The number of aromatic nitrogens is 4. The number of nitrogens with two attached hydrogens (primary N) is 1. The van der Waals surface area contributed by atoms with Gasteiger partial charge in [0.1, 0.15) is 0 Å². The van der Waals surface area contributed by atoms with Gasteiger partial charge in [-0.05, 0) is 28.1 Å². The van der Waals surface area contributed by atoms with Crippen LogP contribution in [0.3, 0.4) is 0 Å². The van der Waals surface area contributed by atoms with E-state index in [1.165, 1.54) is 17.2 Å². The average Bonchev–Trinajstić information content (AvgIpc) is 3.00. The molecular formula is C13H9N5O2S.